The third-order valence-corrected chi connectivity index (χ3v) is 4.57. The van der Waals surface area contributed by atoms with Gasteiger partial charge in [0.15, 0.2) is 6.23 Å². The van der Waals surface area contributed by atoms with E-state index in [2.05, 4.69) is 0 Å². The number of β-amino-alcohol motifs (C(OH)–C–C–N with tert-alkyl or cyclic N) is 2. The third kappa shape index (κ3) is 3.24. The van der Waals surface area contributed by atoms with Gasteiger partial charge in [0.25, 0.3) is 0 Å². The van der Waals surface area contributed by atoms with E-state index < -0.39 is 30.3 Å². The Morgan fingerprint density at radius 2 is 1.92 bits per heavy atom. The minimum atomic E-state index is -0.921. The Kier molecular flexibility index (Phi) is 4.53. The Morgan fingerprint density at radius 1 is 1.28 bits per heavy atom. The van der Waals surface area contributed by atoms with E-state index in [1.165, 1.54) is 35.9 Å². The molecule has 0 aromatic heterocycles. The number of halogens is 1. The fourth-order valence-corrected chi connectivity index (χ4v) is 2.95. The fraction of sp³-hybridized carbons (Fsp3) is 0.500. The van der Waals surface area contributed by atoms with E-state index in [1.54, 1.807) is 11.0 Å². The monoisotopic (exact) mass is 353 g/mol. The highest BCUT2D eigenvalue weighted by Gasteiger charge is 2.36. The molecule has 25 heavy (non-hydrogen) atoms. The first-order valence-corrected chi connectivity index (χ1v) is 7.90. The molecule has 2 aliphatic rings. The number of likely N-dealkylation sites (N-methyl/N-ethyl adjacent to an activating group) is 1. The molecule has 3 atom stereocenters. The molecular formula is C16H20FN3O5. The van der Waals surface area contributed by atoms with Crippen LogP contribution in [0.25, 0.3) is 0 Å². The van der Waals surface area contributed by atoms with Crippen LogP contribution < -0.4 is 9.80 Å². The predicted octanol–water partition coefficient (Wildman–Crippen LogP) is 0.128. The molecule has 136 valence electrons. The molecule has 3 rings (SSSR count). The molecule has 0 spiro atoms. The van der Waals surface area contributed by atoms with E-state index in [4.69, 9.17) is 4.74 Å². The van der Waals surface area contributed by atoms with Crippen LogP contribution in [0.2, 0.25) is 0 Å². The average Bonchev–Trinajstić information content (AvgIpc) is 3.09. The van der Waals surface area contributed by atoms with Crippen molar-refractivity contribution >= 4 is 23.4 Å². The molecule has 2 amide bonds. The highest BCUT2D eigenvalue weighted by molar-refractivity contribution is 5.90. The van der Waals surface area contributed by atoms with Gasteiger partial charge < -0.3 is 24.7 Å². The largest absolute Gasteiger partial charge is 0.423 e. The van der Waals surface area contributed by atoms with Gasteiger partial charge in [-0.1, -0.05) is 0 Å². The Hall–Kier alpha value is -2.39. The minimum Gasteiger partial charge on any atom is -0.423 e. The Labute approximate surface area is 144 Å². The average molecular weight is 353 g/mol. The number of aliphatic hydroxyl groups is 2. The highest BCUT2D eigenvalue weighted by atomic mass is 19.1. The highest BCUT2D eigenvalue weighted by Crippen LogP contribution is 2.30. The number of aliphatic hydroxyl groups excluding tert-OH is 2. The molecule has 0 aliphatic carbocycles. The Morgan fingerprint density at radius 3 is 2.48 bits per heavy atom. The van der Waals surface area contributed by atoms with E-state index in [9.17, 15) is 24.2 Å². The second-order valence-corrected chi connectivity index (χ2v) is 6.25. The summed E-state index contributed by atoms with van der Waals surface area (Å²) in [5.41, 5.74) is 0.551. The standard InChI is InChI=1S/C16H20FN3O5/c1-9(21)18(2)15-8-20(16(24)25-15)10-3-4-12(11(17)5-10)19-6-13(22)14(23)7-19/h3-5,13-15,22-23H,6-8H2,1-2H3/t13-,14-,15?/m1/s1. The number of carbonyl (C=O) groups excluding carboxylic acids is 2. The van der Waals surface area contributed by atoms with E-state index in [0.717, 1.165) is 0 Å². The zero-order valence-corrected chi connectivity index (χ0v) is 13.9. The quantitative estimate of drug-likeness (QED) is 0.802. The second kappa shape index (κ2) is 6.49. The molecule has 2 aliphatic heterocycles. The SMILES string of the molecule is CC(=O)N(C)C1CN(c2ccc(N3C[C@@H](O)[C@H](O)C3)c(F)c2)C(=O)O1. The Bertz CT molecular complexity index is 690. The third-order valence-electron chi connectivity index (χ3n) is 4.57. The lowest BCUT2D eigenvalue weighted by Gasteiger charge is -2.21. The molecule has 1 aromatic carbocycles. The smallest absolute Gasteiger partial charge is 0.416 e. The maximum Gasteiger partial charge on any atom is 0.416 e. The second-order valence-electron chi connectivity index (χ2n) is 6.25. The number of hydrogen-bond donors (Lipinski definition) is 2. The lowest BCUT2D eigenvalue weighted by molar-refractivity contribution is -0.134. The number of amides is 2. The molecule has 2 saturated heterocycles. The fourth-order valence-electron chi connectivity index (χ4n) is 2.95. The normalized spacial score (nSPS) is 26.1. The van der Waals surface area contributed by atoms with Crippen LogP contribution in [-0.4, -0.2) is 72.2 Å². The molecule has 0 radical (unpaired) electrons. The van der Waals surface area contributed by atoms with Gasteiger partial charge in [0.05, 0.1) is 30.1 Å². The summed E-state index contributed by atoms with van der Waals surface area (Å²) in [6, 6.07) is 4.25. The van der Waals surface area contributed by atoms with Crippen LogP contribution in [-0.2, 0) is 9.53 Å². The number of nitrogens with zero attached hydrogens (tertiary/aromatic N) is 3. The van der Waals surface area contributed by atoms with Crippen molar-refractivity contribution in [2.24, 2.45) is 0 Å². The van der Waals surface area contributed by atoms with Gasteiger partial charge in [-0.2, -0.15) is 0 Å². The van der Waals surface area contributed by atoms with Crippen LogP contribution in [0.5, 0.6) is 0 Å². The van der Waals surface area contributed by atoms with E-state index in [0.29, 0.717) is 5.69 Å². The summed E-state index contributed by atoms with van der Waals surface area (Å²) in [4.78, 5) is 27.5. The number of anilines is 2. The molecule has 2 N–H and O–H groups in total. The topological polar surface area (TPSA) is 93.6 Å². The van der Waals surface area contributed by atoms with Crippen molar-refractivity contribution in [3.63, 3.8) is 0 Å². The van der Waals surface area contributed by atoms with Crippen molar-refractivity contribution in [1.29, 1.82) is 0 Å². The minimum absolute atomic E-state index is 0.106. The molecular weight excluding hydrogens is 333 g/mol. The summed E-state index contributed by atoms with van der Waals surface area (Å²) >= 11 is 0. The van der Waals surface area contributed by atoms with Gasteiger partial charge >= 0.3 is 6.09 Å². The number of hydrogen-bond acceptors (Lipinski definition) is 6. The molecule has 0 saturated carbocycles. The van der Waals surface area contributed by atoms with Crippen molar-refractivity contribution in [1.82, 2.24) is 4.90 Å². The first-order chi connectivity index (χ1) is 11.8. The van der Waals surface area contributed by atoms with Crippen LogP contribution in [0.15, 0.2) is 18.2 Å². The number of rotatable bonds is 3. The zero-order valence-electron chi connectivity index (χ0n) is 13.9. The van der Waals surface area contributed by atoms with Gasteiger partial charge in [-0.25, -0.2) is 9.18 Å². The van der Waals surface area contributed by atoms with E-state index in [-0.39, 0.29) is 31.2 Å². The first-order valence-electron chi connectivity index (χ1n) is 7.90. The molecule has 2 heterocycles. The van der Waals surface area contributed by atoms with Gasteiger partial charge in [-0.3, -0.25) is 9.69 Å². The molecule has 9 heteroatoms. The number of cyclic esters (lactones) is 1. The van der Waals surface area contributed by atoms with E-state index >= 15 is 0 Å². The molecule has 1 aromatic rings. The number of benzene rings is 1. The van der Waals surface area contributed by atoms with Crippen LogP contribution >= 0.6 is 0 Å². The van der Waals surface area contributed by atoms with Gasteiger partial charge in [0, 0.05) is 27.1 Å². The lowest BCUT2D eigenvalue weighted by Crippen LogP contribution is -2.38. The van der Waals surface area contributed by atoms with Gasteiger partial charge in [0.2, 0.25) is 5.91 Å². The van der Waals surface area contributed by atoms with Gasteiger partial charge in [0.1, 0.15) is 5.82 Å². The summed E-state index contributed by atoms with van der Waals surface area (Å²) < 4.78 is 19.6. The maximum absolute atomic E-state index is 14.5. The van der Waals surface area contributed by atoms with Crippen LogP contribution in [0, 0.1) is 5.82 Å². The number of ether oxygens (including phenoxy) is 1. The first kappa shape index (κ1) is 17.4. The Balaban J connectivity index is 1.77. The summed E-state index contributed by atoms with van der Waals surface area (Å²) in [6.45, 7) is 1.74. The van der Waals surface area contributed by atoms with Crippen molar-refractivity contribution in [2.45, 2.75) is 25.4 Å². The molecule has 0 bridgehead atoms. The maximum atomic E-state index is 14.5. The predicted molar refractivity (Wildman–Crippen MR) is 86.7 cm³/mol. The zero-order chi connectivity index (χ0) is 18.3. The summed E-state index contributed by atoms with van der Waals surface area (Å²) in [6.07, 6.45) is -3.22. The van der Waals surface area contributed by atoms with Crippen molar-refractivity contribution in [2.75, 3.05) is 36.5 Å². The van der Waals surface area contributed by atoms with Crippen molar-refractivity contribution < 1.29 is 28.9 Å². The summed E-state index contributed by atoms with van der Waals surface area (Å²) in [5.74, 6) is -0.817. The summed E-state index contributed by atoms with van der Waals surface area (Å²) in [5, 5.41) is 19.2. The van der Waals surface area contributed by atoms with Crippen molar-refractivity contribution in [3.8, 4) is 0 Å². The number of carbonyl (C=O) groups is 2. The van der Waals surface area contributed by atoms with E-state index in [1.807, 2.05) is 0 Å². The lowest BCUT2D eigenvalue weighted by atomic mass is 10.2. The van der Waals surface area contributed by atoms with Crippen LogP contribution in [0.4, 0.5) is 20.6 Å². The van der Waals surface area contributed by atoms with Crippen molar-refractivity contribution in [3.05, 3.63) is 24.0 Å². The van der Waals surface area contributed by atoms with Crippen LogP contribution in [0.1, 0.15) is 6.92 Å². The van der Waals surface area contributed by atoms with Gasteiger partial charge in [-0.05, 0) is 18.2 Å². The molecule has 8 nitrogen and oxygen atoms in total. The molecule has 2 fully saturated rings. The molecule has 1 unspecified atom stereocenters. The van der Waals surface area contributed by atoms with Gasteiger partial charge in [-0.15, -0.1) is 0 Å². The van der Waals surface area contributed by atoms with Crippen LogP contribution in [0.3, 0.4) is 0 Å². The summed E-state index contributed by atoms with van der Waals surface area (Å²) in [7, 11) is 1.53.